The number of nitrogens with one attached hydrogen (secondary N) is 1. The van der Waals surface area contributed by atoms with Gasteiger partial charge in [-0.25, -0.2) is 0 Å². The van der Waals surface area contributed by atoms with Gasteiger partial charge < -0.3 is 5.32 Å². The standard InChI is InChI=1S/C20H26N2O/c1-5-22(6-2)14-17-8-7-9-18(13-17)21-20(23)19-11-10-15(3)12-16(19)4/h7-13H,5-6,14H2,1-4H3,(H,21,23). The van der Waals surface area contributed by atoms with Gasteiger partial charge in [-0.05, 0) is 56.3 Å². The molecule has 0 radical (unpaired) electrons. The van der Waals surface area contributed by atoms with Crippen LogP contribution < -0.4 is 5.32 Å². The number of anilines is 1. The van der Waals surface area contributed by atoms with Crippen LogP contribution in [-0.2, 0) is 6.54 Å². The Balaban J connectivity index is 2.12. The number of amides is 1. The van der Waals surface area contributed by atoms with E-state index in [1.165, 1.54) is 11.1 Å². The van der Waals surface area contributed by atoms with Gasteiger partial charge in [-0.2, -0.15) is 0 Å². The fourth-order valence-electron chi connectivity index (χ4n) is 2.72. The van der Waals surface area contributed by atoms with Gasteiger partial charge in [0.1, 0.15) is 0 Å². The maximum Gasteiger partial charge on any atom is 0.255 e. The molecular weight excluding hydrogens is 284 g/mol. The molecule has 2 aromatic rings. The van der Waals surface area contributed by atoms with Crippen LogP contribution >= 0.6 is 0 Å². The molecule has 0 aromatic heterocycles. The zero-order chi connectivity index (χ0) is 16.8. The summed E-state index contributed by atoms with van der Waals surface area (Å²) >= 11 is 0. The second-order valence-corrected chi connectivity index (χ2v) is 5.93. The second-order valence-electron chi connectivity index (χ2n) is 5.93. The third kappa shape index (κ3) is 4.67. The van der Waals surface area contributed by atoms with E-state index < -0.39 is 0 Å². The highest BCUT2D eigenvalue weighted by atomic mass is 16.1. The highest BCUT2D eigenvalue weighted by molar-refractivity contribution is 6.05. The van der Waals surface area contributed by atoms with Gasteiger partial charge in [-0.1, -0.05) is 43.7 Å². The summed E-state index contributed by atoms with van der Waals surface area (Å²) in [6.07, 6.45) is 0. The Bertz CT molecular complexity index is 675. The predicted octanol–water partition coefficient (Wildman–Crippen LogP) is 4.40. The fraction of sp³-hybridized carbons (Fsp3) is 0.350. The molecule has 122 valence electrons. The van der Waals surface area contributed by atoms with Crippen molar-refractivity contribution in [2.75, 3.05) is 18.4 Å². The highest BCUT2D eigenvalue weighted by Gasteiger charge is 2.10. The molecule has 0 saturated heterocycles. The first-order valence-corrected chi connectivity index (χ1v) is 8.23. The lowest BCUT2D eigenvalue weighted by atomic mass is 10.0. The Hall–Kier alpha value is -2.13. The molecule has 0 spiro atoms. The van der Waals surface area contributed by atoms with Gasteiger partial charge in [0.05, 0.1) is 0 Å². The van der Waals surface area contributed by atoms with Gasteiger partial charge in [0, 0.05) is 17.8 Å². The van der Waals surface area contributed by atoms with Crippen molar-refractivity contribution in [3.05, 3.63) is 64.7 Å². The normalized spacial score (nSPS) is 10.8. The number of nitrogens with zero attached hydrogens (tertiary/aromatic N) is 1. The van der Waals surface area contributed by atoms with Gasteiger partial charge in [0.15, 0.2) is 0 Å². The topological polar surface area (TPSA) is 32.3 Å². The summed E-state index contributed by atoms with van der Waals surface area (Å²) in [7, 11) is 0. The minimum absolute atomic E-state index is 0.0533. The Morgan fingerprint density at radius 3 is 2.43 bits per heavy atom. The highest BCUT2D eigenvalue weighted by Crippen LogP contribution is 2.16. The lowest BCUT2D eigenvalue weighted by molar-refractivity contribution is 0.102. The van der Waals surface area contributed by atoms with Gasteiger partial charge >= 0.3 is 0 Å². The van der Waals surface area contributed by atoms with E-state index in [0.717, 1.165) is 36.4 Å². The van der Waals surface area contributed by atoms with Gasteiger partial charge in [-0.3, -0.25) is 9.69 Å². The maximum absolute atomic E-state index is 12.5. The summed E-state index contributed by atoms with van der Waals surface area (Å²) in [5, 5.41) is 3.01. The van der Waals surface area contributed by atoms with E-state index in [0.29, 0.717) is 0 Å². The van der Waals surface area contributed by atoms with Crippen LogP contribution in [0.3, 0.4) is 0 Å². The average Bonchev–Trinajstić information content (AvgIpc) is 2.52. The molecule has 0 fully saturated rings. The van der Waals surface area contributed by atoms with Crippen LogP contribution in [0.4, 0.5) is 5.69 Å². The third-order valence-corrected chi connectivity index (χ3v) is 4.11. The first-order valence-electron chi connectivity index (χ1n) is 8.23. The quantitative estimate of drug-likeness (QED) is 0.858. The number of hydrogen-bond donors (Lipinski definition) is 1. The average molecular weight is 310 g/mol. The number of benzene rings is 2. The molecule has 1 amide bonds. The van der Waals surface area contributed by atoms with E-state index in [2.05, 4.69) is 36.2 Å². The third-order valence-electron chi connectivity index (χ3n) is 4.11. The molecule has 0 heterocycles. The van der Waals surface area contributed by atoms with Crippen LogP contribution in [-0.4, -0.2) is 23.9 Å². The van der Waals surface area contributed by atoms with Crippen LogP contribution in [0.1, 0.15) is 40.9 Å². The predicted molar refractivity (Wildman–Crippen MR) is 96.9 cm³/mol. The molecule has 0 aliphatic rings. The zero-order valence-corrected chi connectivity index (χ0v) is 14.5. The van der Waals surface area contributed by atoms with Crippen LogP contribution in [0.2, 0.25) is 0 Å². The van der Waals surface area contributed by atoms with Crippen molar-refractivity contribution in [1.29, 1.82) is 0 Å². The number of aryl methyl sites for hydroxylation is 2. The Morgan fingerprint density at radius 2 is 1.78 bits per heavy atom. The minimum atomic E-state index is -0.0533. The van der Waals surface area contributed by atoms with Crippen molar-refractivity contribution < 1.29 is 4.79 Å². The molecule has 2 aromatic carbocycles. The largest absolute Gasteiger partial charge is 0.322 e. The van der Waals surface area contributed by atoms with Gasteiger partial charge in [0.25, 0.3) is 5.91 Å². The molecule has 0 atom stereocenters. The van der Waals surface area contributed by atoms with E-state index in [1.54, 1.807) is 0 Å². The molecule has 3 heteroatoms. The van der Waals surface area contributed by atoms with Crippen LogP contribution in [0.25, 0.3) is 0 Å². The summed E-state index contributed by atoms with van der Waals surface area (Å²) in [6.45, 7) is 11.3. The van der Waals surface area contributed by atoms with Crippen molar-refractivity contribution in [3.8, 4) is 0 Å². The van der Waals surface area contributed by atoms with Crippen molar-refractivity contribution in [3.63, 3.8) is 0 Å². The molecule has 3 nitrogen and oxygen atoms in total. The van der Waals surface area contributed by atoms with Gasteiger partial charge in [0.2, 0.25) is 0 Å². The molecule has 0 aliphatic carbocycles. The zero-order valence-electron chi connectivity index (χ0n) is 14.5. The second kappa shape index (κ2) is 7.93. The van der Waals surface area contributed by atoms with E-state index >= 15 is 0 Å². The summed E-state index contributed by atoms with van der Waals surface area (Å²) in [5.74, 6) is -0.0533. The monoisotopic (exact) mass is 310 g/mol. The van der Waals surface area contributed by atoms with Crippen molar-refractivity contribution >= 4 is 11.6 Å². The smallest absolute Gasteiger partial charge is 0.255 e. The molecule has 0 saturated carbocycles. The van der Waals surface area contributed by atoms with Gasteiger partial charge in [-0.15, -0.1) is 0 Å². The van der Waals surface area contributed by atoms with E-state index in [1.807, 2.05) is 44.2 Å². The molecule has 0 aliphatic heterocycles. The Morgan fingerprint density at radius 1 is 1.04 bits per heavy atom. The lowest BCUT2D eigenvalue weighted by Gasteiger charge is -2.18. The van der Waals surface area contributed by atoms with Crippen LogP contribution in [0.5, 0.6) is 0 Å². The molecule has 23 heavy (non-hydrogen) atoms. The van der Waals surface area contributed by atoms with Crippen molar-refractivity contribution in [1.82, 2.24) is 4.90 Å². The minimum Gasteiger partial charge on any atom is -0.322 e. The number of hydrogen-bond acceptors (Lipinski definition) is 2. The van der Waals surface area contributed by atoms with E-state index in [4.69, 9.17) is 0 Å². The first-order chi connectivity index (χ1) is 11.0. The van der Waals surface area contributed by atoms with Crippen LogP contribution in [0.15, 0.2) is 42.5 Å². The summed E-state index contributed by atoms with van der Waals surface area (Å²) < 4.78 is 0. The lowest BCUT2D eigenvalue weighted by Crippen LogP contribution is -2.22. The van der Waals surface area contributed by atoms with E-state index in [-0.39, 0.29) is 5.91 Å². The molecular formula is C20H26N2O. The number of carbonyl (C=O) groups excluding carboxylic acids is 1. The summed E-state index contributed by atoms with van der Waals surface area (Å²) in [4.78, 5) is 14.8. The summed E-state index contributed by atoms with van der Waals surface area (Å²) in [5.41, 5.74) is 4.96. The molecule has 2 rings (SSSR count). The van der Waals surface area contributed by atoms with E-state index in [9.17, 15) is 4.79 Å². The molecule has 0 bridgehead atoms. The molecule has 1 N–H and O–H groups in total. The maximum atomic E-state index is 12.5. The fourth-order valence-corrected chi connectivity index (χ4v) is 2.72. The van der Waals surface area contributed by atoms with Crippen LogP contribution in [0, 0.1) is 13.8 Å². The Labute approximate surface area is 139 Å². The molecule has 0 unspecified atom stereocenters. The number of rotatable bonds is 6. The summed E-state index contributed by atoms with van der Waals surface area (Å²) in [6, 6.07) is 14.0. The first kappa shape index (κ1) is 17.2. The van der Waals surface area contributed by atoms with Crippen molar-refractivity contribution in [2.45, 2.75) is 34.2 Å². The number of carbonyl (C=O) groups is 1. The SMILES string of the molecule is CCN(CC)Cc1cccc(NC(=O)c2ccc(C)cc2C)c1. The van der Waals surface area contributed by atoms with Crippen molar-refractivity contribution in [2.24, 2.45) is 0 Å². The Kier molecular flexibility index (Phi) is 5.94.